The first-order chi connectivity index (χ1) is 6.81. The van der Waals surface area contributed by atoms with Crippen LogP contribution in [0.2, 0.25) is 0 Å². The van der Waals surface area contributed by atoms with Crippen LogP contribution in [0.4, 0.5) is 0 Å². The number of carbonyl (C=O) groups excluding carboxylic acids is 1. The molecule has 0 rings (SSSR count). The molecule has 0 amide bonds. The molecule has 1 N–H and O–H groups in total. The van der Waals surface area contributed by atoms with E-state index in [1.807, 2.05) is 0 Å². The van der Waals surface area contributed by atoms with Gasteiger partial charge < -0.3 is 14.6 Å². The Balaban J connectivity index is 0. The first-order valence-corrected chi connectivity index (χ1v) is 5.12. The van der Waals surface area contributed by atoms with Crippen molar-refractivity contribution in [1.29, 1.82) is 0 Å². The van der Waals surface area contributed by atoms with E-state index in [4.69, 9.17) is 4.55 Å². The fourth-order valence-electron chi connectivity index (χ4n) is 0.746. The maximum absolute atomic E-state index is 10.5. The molecule has 8 heteroatoms. The average Bonchev–Trinajstić information content (AvgIpc) is 2.01. The van der Waals surface area contributed by atoms with Gasteiger partial charge in [0.1, 0.15) is 5.76 Å². The van der Waals surface area contributed by atoms with Gasteiger partial charge in [-0.05, 0) is 0 Å². The SMILES string of the molecule is C=COC(=CS(=O)(=O)O)C(C=C)C(=O)[O-].[Na+]. The van der Waals surface area contributed by atoms with Gasteiger partial charge in [-0.2, -0.15) is 8.42 Å². The minimum Gasteiger partial charge on any atom is -0.549 e. The van der Waals surface area contributed by atoms with Gasteiger partial charge in [-0.15, -0.1) is 6.58 Å². The normalized spacial score (nSPS) is 13.2. The molecule has 0 aliphatic rings. The third kappa shape index (κ3) is 6.81. The van der Waals surface area contributed by atoms with Crippen molar-refractivity contribution >= 4 is 16.1 Å². The van der Waals surface area contributed by atoms with Crippen LogP contribution in [0.15, 0.2) is 36.7 Å². The van der Waals surface area contributed by atoms with Gasteiger partial charge in [0, 0.05) is 0 Å². The zero-order valence-electron chi connectivity index (χ0n) is 8.62. The van der Waals surface area contributed by atoms with Crippen molar-refractivity contribution in [1.82, 2.24) is 0 Å². The predicted octanol–water partition coefficient (Wildman–Crippen LogP) is -3.57. The molecule has 0 radical (unpaired) electrons. The largest absolute Gasteiger partial charge is 1.00 e. The van der Waals surface area contributed by atoms with Gasteiger partial charge in [0.05, 0.1) is 23.6 Å². The van der Waals surface area contributed by atoms with Gasteiger partial charge >= 0.3 is 29.6 Å². The molecule has 0 aliphatic carbocycles. The van der Waals surface area contributed by atoms with E-state index in [-0.39, 0.29) is 35.0 Å². The van der Waals surface area contributed by atoms with Gasteiger partial charge in [0.25, 0.3) is 10.1 Å². The van der Waals surface area contributed by atoms with Gasteiger partial charge in [-0.25, -0.2) is 0 Å². The van der Waals surface area contributed by atoms with E-state index < -0.39 is 27.8 Å². The Hall–Kier alpha value is -0.600. The first kappa shape index (κ1) is 17.8. The summed E-state index contributed by atoms with van der Waals surface area (Å²) in [5.41, 5.74) is 0. The molecule has 16 heavy (non-hydrogen) atoms. The number of carboxylic acids is 1. The molecular formula is C8H9NaO6S. The molecule has 0 aromatic heterocycles. The van der Waals surface area contributed by atoms with Crippen LogP contribution in [0, 0.1) is 5.92 Å². The van der Waals surface area contributed by atoms with Crippen molar-refractivity contribution in [3.8, 4) is 0 Å². The number of rotatable bonds is 6. The van der Waals surface area contributed by atoms with Crippen molar-refractivity contribution in [2.45, 2.75) is 0 Å². The minimum atomic E-state index is -4.51. The fourth-order valence-corrected chi connectivity index (χ4v) is 1.24. The zero-order chi connectivity index (χ0) is 12.1. The van der Waals surface area contributed by atoms with E-state index in [0.717, 1.165) is 12.3 Å². The molecule has 84 valence electrons. The minimum absolute atomic E-state index is 0. The molecule has 0 spiro atoms. The van der Waals surface area contributed by atoms with Gasteiger partial charge in [0.2, 0.25) is 0 Å². The third-order valence-corrected chi connectivity index (χ3v) is 1.81. The third-order valence-electron chi connectivity index (χ3n) is 1.28. The molecule has 0 bridgehead atoms. The Morgan fingerprint density at radius 3 is 2.19 bits per heavy atom. The quantitative estimate of drug-likeness (QED) is 0.228. The zero-order valence-corrected chi connectivity index (χ0v) is 11.4. The molecule has 0 fully saturated rings. The monoisotopic (exact) mass is 256 g/mol. The van der Waals surface area contributed by atoms with E-state index >= 15 is 0 Å². The molecule has 0 saturated heterocycles. The van der Waals surface area contributed by atoms with Crippen LogP contribution in [0.1, 0.15) is 0 Å². The molecule has 6 nitrogen and oxygen atoms in total. The summed E-state index contributed by atoms with van der Waals surface area (Å²) in [4.78, 5) is 10.5. The molecule has 1 atom stereocenters. The predicted molar refractivity (Wildman–Crippen MR) is 49.6 cm³/mol. The maximum atomic E-state index is 10.5. The Morgan fingerprint density at radius 2 is 1.94 bits per heavy atom. The summed E-state index contributed by atoms with van der Waals surface area (Å²) in [5, 5.41) is 10.8. The van der Waals surface area contributed by atoms with Crippen molar-refractivity contribution in [3.05, 3.63) is 36.7 Å². The van der Waals surface area contributed by atoms with E-state index in [9.17, 15) is 18.3 Å². The average molecular weight is 256 g/mol. The van der Waals surface area contributed by atoms with Crippen LogP contribution >= 0.6 is 0 Å². The summed E-state index contributed by atoms with van der Waals surface area (Å²) < 4.78 is 34.0. The summed E-state index contributed by atoms with van der Waals surface area (Å²) >= 11 is 0. The summed E-state index contributed by atoms with van der Waals surface area (Å²) in [7, 11) is -4.51. The van der Waals surface area contributed by atoms with Crippen molar-refractivity contribution in [2.24, 2.45) is 5.92 Å². The Labute approximate surface area is 115 Å². The van der Waals surface area contributed by atoms with E-state index in [1.165, 1.54) is 0 Å². The van der Waals surface area contributed by atoms with Crippen LogP contribution in [-0.2, 0) is 19.6 Å². The standard InChI is InChI=1S/C8H10O6S.Na/c1-3-6(8(9)10)7(14-4-2)5-15(11,12)13;/h3-6H,1-2H2,(H,9,10)(H,11,12,13);/q;+1/p-1. The van der Waals surface area contributed by atoms with Crippen molar-refractivity contribution in [2.75, 3.05) is 0 Å². The molecular weight excluding hydrogens is 247 g/mol. The number of carboxylic acid groups (broad SMARTS) is 1. The second-order valence-electron chi connectivity index (χ2n) is 2.35. The number of hydrogen-bond donors (Lipinski definition) is 1. The molecule has 0 aliphatic heterocycles. The molecule has 0 aromatic rings. The first-order valence-electron chi connectivity index (χ1n) is 3.62. The second-order valence-corrected chi connectivity index (χ2v) is 3.62. The van der Waals surface area contributed by atoms with Crippen LogP contribution in [0.5, 0.6) is 0 Å². The smallest absolute Gasteiger partial charge is 0.549 e. The van der Waals surface area contributed by atoms with E-state index in [2.05, 4.69) is 17.9 Å². The van der Waals surface area contributed by atoms with E-state index in [1.54, 1.807) is 0 Å². The molecule has 1 unspecified atom stereocenters. The van der Waals surface area contributed by atoms with Gasteiger partial charge in [0.15, 0.2) is 0 Å². The number of ether oxygens (including phenoxy) is 1. The van der Waals surface area contributed by atoms with E-state index in [0.29, 0.717) is 0 Å². The second kappa shape index (κ2) is 7.64. The summed E-state index contributed by atoms with van der Waals surface area (Å²) in [6.45, 7) is 6.28. The van der Waals surface area contributed by atoms with Crippen LogP contribution in [0.3, 0.4) is 0 Å². The molecule has 0 saturated carbocycles. The summed E-state index contributed by atoms with van der Waals surface area (Å²) in [5.74, 6) is -3.64. The number of carbonyl (C=O) groups is 1. The molecule has 0 aromatic carbocycles. The van der Waals surface area contributed by atoms with Crippen LogP contribution in [0.25, 0.3) is 0 Å². The summed E-state index contributed by atoms with van der Waals surface area (Å²) in [6, 6.07) is 0. The van der Waals surface area contributed by atoms with Gasteiger partial charge in [-0.3, -0.25) is 4.55 Å². The fraction of sp³-hybridized carbons (Fsp3) is 0.125. The Morgan fingerprint density at radius 1 is 1.44 bits per heavy atom. The topological polar surface area (TPSA) is 104 Å². The number of aliphatic carboxylic acids is 1. The Kier molecular flexibility index (Phi) is 8.49. The number of hydrogen-bond acceptors (Lipinski definition) is 5. The van der Waals surface area contributed by atoms with Crippen LogP contribution < -0.4 is 34.7 Å². The Bertz CT molecular complexity index is 397. The van der Waals surface area contributed by atoms with Crippen molar-refractivity contribution in [3.63, 3.8) is 0 Å². The molecule has 0 heterocycles. The van der Waals surface area contributed by atoms with Gasteiger partial charge in [-0.1, -0.05) is 12.7 Å². The van der Waals surface area contributed by atoms with Crippen molar-refractivity contribution < 1.29 is 57.2 Å². The summed E-state index contributed by atoms with van der Waals surface area (Å²) in [6.07, 6.45) is 1.71. The van der Waals surface area contributed by atoms with Crippen LogP contribution in [-0.4, -0.2) is 18.9 Å². The maximum Gasteiger partial charge on any atom is 1.00 e.